The average molecular weight is 433 g/mol. The highest BCUT2D eigenvalue weighted by atomic mass is 32.2. The van der Waals surface area contributed by atoms with Gasteiger partial charge in [-0.1, -0.05) is 20.8 Å². The van der Waals surface area contributed by atoms with Crippen molar-refractivity contribution in [2.45, 2.75) is 25.7 Å². The van der Waals surface area contributed by atoms with E-state index < -0.39 is 21.4 Å². The number of benzene rings is 2. The molecule has 1 aliphatic rings. The van der Waals surface area contributed by atoms with E-state index in [1.54, 1.807) is 26.8 Å². The summed E-state index contributed by atoms with van der Waals surface area (Å²) in [4.78, 5) is 24.0. The molecule has 3 rings (SSSR count). The van der Waals surface area contributed by atoms with Crippen molar-refractivity contribution in [3.63, 3.8) is 0 Å². The Hall–Kier alpha value is -3.07. The topological polar surface area (TPSA) is 108 Å². The summed E-state index contributed by atoms with van der Waals surface area (Å²) < 4.78 is 43.6. The molecule has 1 N–H and O–H groups in total. The number of fused-ring (bicyclic) bond motifs is 1. The van der Waals surface area contributed by atoms with E-state index in [2.05, 4.69) is 4.72 Å². The van der Waals surface area contributed by atoms with Crippen molar-refractivity contribution < 1.29 is 32.2 Å². The third-order valence-corrected chi connectivity index (χ3v) is 5.75. The second-order valence-corrected chi connectivity index (χ2v) is 9.42. The van der Waals surface area contributed by atoms with Crippen LogP contribution in [-0.2, 0) is 19.6 Å². The van der Waals surface area contributed by atoms with E-state index in [1.807, 2.05) is 0 Å². The lowest BCUT2D eigenvalue weighted by Crippen LogP contribution is -2.26. The Morgan fingerprint density at radius 3 is 2.27 bits per heavy atom. The lowest BCUT2D eigenvalue weighted by atomic mass is 9.91. The zero-order valence-corrected chi connectivity index (χ0v) is 17.7. The Morgan fingerprint density at radius 2 is 1.63 bits per heavy atom. The number of esters is 1. The number of nitrogens with one attached hydrogen (secondary N) is 1. The van der Waals surface area contributed by atoms with Gasteiger partial charge in [-0.15, -0.1) is 0 Å². The van der Waals surface area contributed by atoms with Gasteiger partial charge < -0.3 is 14.2 Å². The van der Waals surface area contributed by atoms with E-state index >= 15 is 0 Å². The van der Waals surface area contributed by atoms with Crippen molar-refractivity contribution in [1.82, 2.24) is 0 Å². The fraction of sp³-hybridized carbons (Fsp3) is 0.333. The van der Waals surface area contributed by atoms with E-state index in [4.69, 9.17) is 14.2 Å². The highest BCUT2D eigenvalue weighted by molar-refractivity contribution is 7.92. The molecule has 0 saturated heterocycles. The maximum absolute atomic E-state index is 12.6. The third-order valence-electron chi connectivity index (χ3n) is 4.37. The largest absolute Gasteiger partial charge is 0.486 e. The molecule has 9 heteroatoms. The molecule has 0 saturated carbocycles. The monoisotopic (exact) mass is 433 g/mol. The zero-order chi connectivity index (χ0) is 21.9. The molecule has 0 amide bonds. The fourth-order valence-electron chi connectivity index (χ4n) is 2.51. The molecule has 0 radical (unpaired) electrons. The normalized spacial score (nSPS) is 13.4. The first-order valence-corrected chi connectivity index (χ1v) is 10.8. The van der Waals surface area contributed by atoms with Crippen molar-refractivity contribution in [1.29, 1.82) is 0 Å². The maximum Gasteiger partial charge on any atom is 0.338 e. The van der Waals surface area contributed by atoms with Crippen molar-refractivity contribution in [3.8, 4) is 11.5 Å². The summed E-state index contributed by atoms with van der Waals surface area (Å²) in [5.74, 6) is 0.00790. The summed E-state index contributed by atoms with van der Waals surface area (Å²) >= 11 is 0. The molecule has 0 spiro atoms. The van der Waals surface area contributed by atoms with Crippen molar-refractivity contribution in [3.05, 3.63) is 48.0 Å². The molecule has 2 aromatic carbocycles. The van der Waals surface area contributed by atoms with Gasteiger partial charge in [0.25, 0.3) is 10.0 Å². The van der Waals surface area contributed by atoms with Gasteiger partial charge in [-0.25, -0.2) is 13.2 Å². The van der Waals surface area contributed by atoms with Gasteiger partial charge in [0.15, 0.2) is 23.9 Å². The summed E-state index contributed by atoms with van der Waals surface area (Å²) in [7, 11) is -3.86. The summed E-state index contributed by atoms with van der Waals surface area (Å²) in [6.07, 6.45) is 0. The Balaban J connectivity index is 1.66. The minimum atomic E-state index is -3.86. The number of carbonyl (C=O) groups is 2. The number of ketones is 1. The molecule has 1 aliphatic heterocycles. The SMILES string of the molecule is CC(C)(C)C(=O)COC(=O)c1ccc(NS(=O)(=O)c2ccc3c(c2)OCCO3)cc1. The van der Waals surface area contributed by atoms with Gasteiger partial charge in [0.1, 0.15) is 13.2 Å². The van der Waals surface area contributed by atoms with E-state index in [0.717, 1.165) is 0 Å². The van der Waals surface area contributed by atoms with Crippen LogP contribution in [0.4, 0.5) is 5.69 Å². The van der Waals surface area contributed by atoms with Crippen LogP contribution in [-0.4, -0.2) is 40.0 Å². The van der Waals surface area contributed by atoms with E-state index in [9.17, 15) is 18.0 Å². The molecule has 8 nitrogen and oxygen atoms in total. The standard InChI is InChI=1S/C21H23NO7S/c1-21(2,3)19(23)13-29-20(24)14-4-6-15(7-5-14)22-30(25,26)16-8-9-17-18(12-16)28-11-10-27-17/h4-9,12,22H,10-11,13H2,1-3H3. The van der Waals surface area contributed by atoms with Crippen molar-refractivity contribution in [2.24, 2.45) is 5.41 Å². The number of hydrogen-bond donors (Lipinski definition) is 1. The molecule has 30 heavy (non-hydrogen) atoms. The molecular formula is C21H23NO7S. The summed E-state index contributed by atoms with van der Waals surface area (Å²) in [6.45, 7) is 5.67. The number of carbonyl (C=O) groups excluding carboxylic acids is 2. The number of Topliss-reactive ketones (excluding diaryl/α,β-unsaturated/α-hetero) is 1. The minimum Gasteiger partial charge on any atom is -0.486 e. The Bertz CT molecular complexity index is 1050. The molecule has 0 aromatic heterocycles. The van der Waals surface area contributed by atoms with Gasteiger partial charge in [0.2, 0.25) is 0 Å². The van der Waals surface area contributed by atoms with Crippen LogP contribution in [0.1, 0.15) is 31.1 Å². The first-order valence-electron chi connectivity index (χ1n) is 9.29. The molecule has 0 atom stereocenters. The second-order valence-electron chi connectivity index (χ2n) is 7.74. The molecule has 1 heterocycles. The Morgan fingerprint density at radius 1 is 1.00 bits per heavy atom. The summed E-state index contributed by atoms with van der Waals surface area (Å²) in [5, 5.41) is 0. The number of sulfonamides is 1. The lowest BCUT2D eigenvalue weighted by Gasteiger charge is -2.19. The first kappa shape index (κ1) is 21.6. The highest BCUT2D eigenvalue weighted by Crippen LogP contribution is 2.32. The second kappa shape index (κ2) is 8.35. The number of anilines is 1. The minimum absolute atomic E-state index is 0.0240. The molecule has 0 bridgehead atoms. The van der Waals surface area contributed by atoms with Gasteiger partial charge >= 0.3 is 5.97 Å². The highest BCUT2D eigenvalue weighted by Gasteiger charge is 2.23. The van der Waals surface area contributed by atoms with Crippen LogP contribution in [0, 0.1) is 5.41 Å². The van der Waals surface area contributed by atoms with Crippen LogP contribution >= 0.6 is 0 Å². The van der Waals surface area contributed by atoms with Gasteiger partial charge in [0, 0.05) is 17.2 Å². The molecule has 0 fully saturated rings. The van der Waals surface area contributed by atoms with Crippen LogP contribution in [0.15, 0.2) is 47.4 Å². The number of hydrogen-bond acceptors (Lipinski definition) is 7. The predicted octanol–water partition coefficient (Wildman–Crippen LogP) is 3.03. The van der Waals surface area contributed by atoms with Crippen LogP contribution in [0.3, 0.4) is 0 Å². The lowest BCUT2D eigenvalue weighted by molar-refractivity contribution is -0.129. The van der Waals surface area contributed by atoms with Crippen LogP contribution in [0.2, 0.25) is 0 Å². The third kappa shape index (κ3) is 5.10. The van der Waals surface area contributed by atoms with Gasteiger partial charge in [-0.3, -0.25) is 9.52 Å². The summed E-state index contributed by atoms with van der Waals surface area (Å²) in [5.41, 5.74) is -0.123. The Labute approximate surface area is 175 Å². The summed E-state index contributed by atoms with van der Waals surface area (Å²) in [6, 6.07) is 10.1. The van der Waals surface area contributed by atoms with E-state index in [0.29, 0.717) is 24.7 Å². The zero-order valence-electron chi connectivity index (χ0n) is 16.9. The van der Waals surface area contributed by atoms with E-state index in [1.165, 1.54) is 36.4 Å². The predicted molar refractivity (Wildman–Crippen MR) is 109 cm³/mol. The maximum atomic E-state index is 12.6. The van der Waals surface area contributed by atoms with Crippen LogP contribution < -0.4 is 14.2 Å². The Kier molecular flexibility index (Phi) is 6.02. The molecule has 0 unspecified atom stereocenters. The van der Waals surface area contributed by atoms with Gasteiger partial charge in [-0.2, -0.15) is 0 Å². The fourth-order valence-corrected chi connectivity index (χ4v) is 3.58. The van der Waals surface area contributed by atoms with Crippen molar-refractivity contribution >= 4 is 27.5 Å². The van der Waals surface area contributed by atoms with Crippen LogP contribution in [0.25, 0.3) is 0 Å². The average Bonchev–Trinajstić information content (AvgIpc) is 2.71. The van der Waals surface area contributed by atoms with Gasteiger partial charge in [0.05, 0.1) is 10.5 Å². The van der Waals surface area contributed by atoms with Crippen LogP contribution in [0.5, 0.6) is 11.5 Å². The number of ether oxygens (including phenoxy) is 3. The molecular weight excluding hydrogens is 410 g/mol. The smallest absolute Gasteiger partial charge is 0.338 e. The van der Waals surface area contributed by atoms with E-state index in [-0.39, 0.29) is 28.5 Å². The quantitative estimate of drug-likeness (QED) is 0.698. The molecule has 0 aliphatic carbocycles. The van der Waals surface area contributed by atoms with Crippen molar-refractivity contribution in [2.75, 3.05) is 24.5 Å². The molecule has 2 aromatic rings. The van der Waals surface area contributed by atoms with Gasteiger partial charge in [-0.05, 0) is 36.4 Å². The molecule has 160 valence electrons. The number of rotatable bonds is 6. The first-order chi connectivity index (χ1) is 14.1.